The lowest BCUT2D eigenvalue weighted by Crippen LogP contribution is -2.44. The van der Waals surface area contributed by atoms with Crippen LogP contribution in [0, 0.1) is 0 Å². The number of esters is 1. The first-order chi connectivity index (χ1) is 11.7. The molecule has 2 amide bonds. The number of ether oxygens (including phenoxy) is 2. The van der Waals surface area contributed by atoms with Gasteiger partial charge in [-0.15, -0.1) is 9.24 Å². The van der Waals surface area contributed by atoms with Crippen LogP contribution in [0.2, 0.25) is 0 Å². The van der Waals surface area contributed by atoms with Gasteiger partial charge in [-0.2, -0.15) is 0 Å². The van der Waals surface area contributed by atoms with Crippen LogP contribution in [0.4, 0.5) is 4.79 Å². The summed E-state index contributed by atoms with van der Waals surface area (Å²) in [7, 11) is 3.99. The van der Waals surface area contributed by atoms with Crippen molar-refractivity contribution in [2.75, 3.05) is 39.6 Å². The van der Waals surface area contributed by atoms with Crippen molar-refractivity contribution in [1.29, 1.82) is 0 Å². The third kappa shape index (κ3) is 4.82. The molecule has 3 atom stereocenters. The summed E-state index contributed by atoms with van der Waals surface area (Å²) in [6.45, 7) is 6.49. The van der Waals surface area contributed by atoms with Crippen LogP contribution in [0.25, 0.3) is 0 Å². The van der Waals surface area contributed by atoms with Gasteiger partial charge in [0.1, 0.15) is 12.1 Å². The minimum atomic E-state index is -0.560. The molecule has 9 heteroatoms. The number of fused-ring (bicyclic) bond motifs is 1. The Hall–Kier alpha value is -1.40. The van der Waals surface area contributed by atoms with Gasteiger partial charge in [0.2, 0.25) is 5.91 Å². The van der Waals surface area contributed by atoms with Gasteiger partial charge in [0.05, 0.1) is 26.4 Å². The van der Waals surface area contributed by atoms with E-state index in [4.69, 9.17) is 4.74 Å². The Bertz CT molecular complexity index is 536. The van der Waals surface area contributed by atoms with E-state index in [1.54, 1.807) is 4.90 Å². The lowest BCUT2D eigenvalue weighted by atomic mass is 10.1. The molecule has 2 rings (SSSR count). The fourth-order valence-electron chi connectivity index (χ4n) is 3.27. The summed E-state index contributed by atoms with van der Waals surface area (Å²) in [6, 6.07) is 0.0299. The van der Waals surface area contributed by atoms with Gasteiger partial charge >= 0.3 is 12.1 Å². The summed E-state index contributed by atoms with van der Waals surface area (Å²) in [5, 5.41) is 0. The Labute approximate surface area is 151 Å². The van der Waals surface area contributed by atoms with Crippen LogP contribution in [-0.4, -0.2) is 89.9 Å². The summed E-state index contributed by atoms with van der Waals surface area (Å²) < 4.78 is 10.2. The fraction of sp³-hybridized carbons (Fsp3) is 0.812. The molecule has 2 aliphatic heterocycles. The van der Waals surface area contributed by atoms with E-state index < -0.39 is 11.6 Å². The molecule has 2 fully saturated rings. The van der Waals surface area contributed by atoms with Gasteiger partial charge in [0.15, 0.2) is 0 Å². The molecule has 0 spiro atoms. The fourth-order valence-corrected chi connectivity index (χ4v) is 3.84. The van der Waals surface area contributed by atoms with Crippen LogP contribution < -0.4 is 0 Å². The number of hydrogen-bond donors (Lipinski definition) is 0. The van der Waals surface area contributed by atoms with Gasteiger partial charge in [0.25, 0.3) is 0 Å². The van der Waals surface area contributed by atoms with E-state index in [0.717, 1.165) is 0 Å². The highest BCUT2D eigenvalue weighted by Crippen LogP contribution is 2.28. The molecular weight excluding hydrogens is 345 g/mol. The summed E-state index contributed by atoms with van der Waals surface area (Å²) >= 11 is 0. The molecule has 25 heavy (non-hydrogen) atoms. The average Bonchev–Trinajstić information content (AvgIpc) is 2.79. The first-order valence-corrected chi connectivity index (χ1v) is 9.26. The van der Waals surface area contributed by atoms with Crippen molar-refractivity contribution in [3.63, 3.8) is 0 Å². The third-order valence-corrected chi connectivity index (χ3v) is 4.93. The predicted molar refractivity (Wildman–Crippen MR) is 95.0 cm³/mol. The zero-order chi connectivity index (χ0) is 18.8. The van der Waals surface area contributed by atoms with Gasteiger partial charge in [-0.05, 0) is 33.4 Å². The van der Waals surface area contributed by atoms with E-state index in [1.165, 1.54) is 12.0 Å². The van der Waals surface area contributed by atoms with Crippen molar-refractivity contribution >= 4 is 27.2 Å². The summed E-state index contributed by atoms with van der Waals surface area (Å²) in [5.74, 6) is -0.546. The normalized spacial score (nSPS) is 24.8. The van der Waals surface area contributed by atoms with E-state index in [0.29, 0.717) is 25.8 Å². The molecule has 2 aliphatic rings. The SMILES string of the molecule is COC(=O)CN1CC[C@H]2C(CP)N(C(=O)OC(C)(C)C)CN2CC1=O. The molecule has 8 nitrogen and oxygen atoms in total. The number of nitrogens with zero attached hydrogens (tertiary/aromatic N) is 3. The molecule has 2 saturated heterocycles. The summed E-state index contributed by atoms with van der Waals surface area (Å²) in [4.78, 5) is 41.7. The van der Waals surface area contributed by atoms with Crippen LogP contribution >= 0.6 is 9.24 Å². The maximum absolute atomic E-state index is 12.5. The van der Waals surface area contributed by atoms with Crippen molar-refractivity contribution in [2.45, 2.75) is 44.9 Å². The lowest BCUT2D eigenvalue weighted by Gasteiger charge is -2.29. The largest absolute Gasteiger partial charge is 0.468 e. The summed E-state index contributed by atoms with van der Waals surface area (Å²) in [6.07, 6.45) is 1.04. The molecule has 0 N–H and O–H groups in total. The second-order valence-electron chi connectivity index (χ2n) is 7.39. The maximum atomic E-state index is 12.5. The number of carbonyl (C=O) groups is 3. The Kier molecular flexibility index (Phi) is 6.27. The number of amides is 2. The monoisotopic (exact) mass is 373 g/mol. The standard InChI is InChI=1S/C16H28N3O5P/c1-16(2,3)24-15(22)19-10-18-7-13(20)17(8-14(21)23-4)6-5-11(18)12(19)9-25/h11-12H,5-10,25H2,1-4H3/t11-,12?/m0/s1. The van der Waals surface area contributed by atoms with Gasteiger partial charge in [-0.3, -0.25) is 19.4 Å². The van der Waals surface area contributed by atoms with Crippen molar-refractivity contribution in [3.8, 4) is 0 Å². The molecule has 0 radical (unpaired) electrons. The molecule has 0 aromatic carbocycles. The van der Waals surface area contributed by atoms with Gasteiger partial charge in [-0.25, -0.2) is 4.79 Å². The van der Waals surface area contributed by atoms with E-state index in [9.17, 15) is 14.4 Å². The molecule has 0 aliphatic carbocycles. The molecule has 0 aromatic heterocycles. The smallest absolute Gasteiger partial charge is 0.411 e. The molecule has 2 unspecified atom stereocenters. The molecule has 142 valence electrons. The first kappa shape index (κ1) is 19.9. The second kappa shape index (κ2) is 7.87. The van der Waals surface area contributed by atoms with Crippen LogP contribution in [0.15, 0.2) is 0 Å². The Morgan fingerprint density at radius 3 is 2.56 bits per heavy atom. The molecule has 0 saturated carbocycles. The highest BCUT2D eigenvalue weighted by molar-refractivity contribution is 7.16. The van der Waals surface area contributed by atoms with E-state index in [-0.39, 0.29) is 37.2 Å². The van der Waals surface area contributed by atoms with Gasteiger partial charge in [0, 0.05) is 12.6 Å². The molecule has 0 aromatic rings. The molecule has 2 heterocycles. The van der Waals surface area contributed by atoms with E-state index in [2.05, 4.69) is 14.0 Å². The number of hydrogen-bond acceptors (Lipinski definition) is 6. The highest BCUT2D eigenvalue weighted by atomic mass is 31.0. The van der Waals surface area contributed by atoms with Crippen molar-refractivity contribution < 1.29 is 23.9 Å². The topological polar surface area (TPSA) is 79.4 Å². The first-order valence-electron chi connectivity index (χ1n) is 8.44. The van der Waals surface area contributed by atoms with Crippen LogP contribution in [0.5, 0.6) is 0 Å². The van der Waals surface area contributed by atoms with Crippen LogP contribution in [-0.2, 0) is 19.1 Å². The van der Waals surface area contributed by atoms with Crippen molar-refractivity contribution in [3.05, 3.63) is 0 Å². The van der Waals surface area contributed by atoms with Gasteiger partial charge < -0.3 is 14.4 Å². The quantitative estimate of drug-likeness (QED) is 0.530. The molecular formula is C16H28N3O5P. The average molecular weight is 373 g/mol. The predicted octanol–water partition coefficient (Wildman–Crippen LogP) is 0.514. The minimum Gasteiger partial charge on any atom is -0.468 e. The van der Waals surface area contributed by atoms with Crippen molar-refractivity contribution in [1.82, 2.24) is 14.7 Å². The summed E-state index contributed by atoms with van der Waals surface area (Å²) in [5.41, 5.74) is -0.560. The van der Waals surface area contributed by atoms with E-state index in [1.807, 2.05) is 25.7 Å². The van der Waals surface area contributed by atoms with Crippen LogP contribution in [0.1, 0.15) is 27.2 Å². The van der Waals surface area contributed by atoms with Gasteiger partial charge in [-0.1, -0.05) is 0 Å². The highest BCUT2D eigenvalue weighted by Gasteiger charge is 2.45. The number of carbonyl (C=O) groups excluding carboxylic acids is 3. The Morgan fingerprint density at radius 2 is 2.00 bits per heavy atom. The number of rotatable bonds is 3. The Morgan fingerprint density at radius 1 is 1.32 bits per heavy atom. The zero-order valence-corrected chi connectivity index (χ0v) is 16.5. The van der Waals surface area contributed by atoms with E-state index >= 15 is 0 Å². The number of methoxy groups -OCH3 is 1. The van der Waals surface area contributed by atoms with Crippen molar-refractivity contribution in [2.24, 2.45) is 0 Å². The van der Waals surface area contributed by atoms with Crippen LogP contribution in [0.3, 0.4) is 0 Å². The maximum Gasteiger partial charge on any atom is 0.411 e. The molecule has 0 bridgehead atoms. The minimum absolute atomic E-state index is 0.0305. The lowest BCUT2D eigenvalue weighted by molar-refractivity contribution is -0.146. The Balaban J connectivity index is 2.08. The zero-order valence-electron chi connectivity index (χ0n) is 15.4. The second-order valence-corrected chi connectivity index (χ2v) is 7.86. The third-order valence-electron chi connectivity index (χ3n) is 4.45.